The molecule has 1 aliphatic heterocycles. The van der Waals surface area contributed by atoms with E-state index < -0.39 is 0 Å². The maximum Gasteiger partial charge on any atom is 0.338 e. The molecule has 0 bridgehead atoms. The van der Waals surface area contributed by atoms with Gasteiger partial charge in [0, 0.05) is 12.6 Å². The molecule has 3 aromatic rings. The van der Waals surface area contributed by atoms with Crippen molar-refractivity contribution in [3.8, 4) is 28.7 Å². The number of benzene rings is 3. The normalized spacial score (nSPS) is 14.0. The number of carbonyl (C=O) groups excluding carboxylic acids is 1. The first kappa shape index (κ1) is 28.8. The Hall–Kier alpha value is -4.18. The van der Waals surface area contributed by atoms with Gasteiger partial charge in [-0.1, -0.05) is 0 Å². The Morgan fingerprint density at radius 2 is 1.57 bits per heavy atom. The van der Waals surface area contributed by atoms with Crippen molar-refractivity contribution in [2.24, 2.45) is 0 Å². The maximum atomic E-state index is 12.0. The Morgan fingerprint density at radius 3 is 2.23 bits per heavy atom. The Balaban J connectivity index is 1.63. The van der Waals surface area contributed by atoms with E-state index in [0.717, 1.165) is 17.5 Å². The number of carbonyl (C=O) groups is 1. The van der Waals surface area contributed by atoms with Crippen molar-refractivity contribution < 1.29 is 33.2 Å². The lowest BCUT2D eigenvalue weighted by atomic mass is 9.92. The number of hydrogen-bond acceptors (Lipinski definition) is 8. The minimum Gasteiger partial charge on any atom is -0.497 e. The fraction of sp³-hybridized carbons (Fsp3) is 0.333. The molecule has 212 valence electrons. The molecular formula is C30H34N2O7S. The third-order valence-corrected chi connectivity index (χ3v) is 7.02. The molecular weight excluding hydrogens is 532 g/mol. The molecule has 3 aromatic carbocycles. The number of ether oxygens (including phenoxy) is 6. The molecule has 0 saturated heterocycles. The summed E-state index contributed by atoms with van der Waals surface area (Å²) in [5.41, 5.74) is 3.31. The van der Waals surface area contributed by atoms with Crippen LogP contribution in [0.2, 0.25) is 0 Å². The van der Waals surface area contributed by atoms with Gasteiger partial charge in [0.25, 0.3) is 0 Å². The van der Waals surface area contributed by atoms with Crippen LogP contribution >= 0.6 is 12.2 Å². The van der Waals surface area contributed by atoms with Crippen LogP contribution in [0.3, 0.4) is 0 Å². The summed E-state index contributed by atoms with van der Waals surface area (Å²) >= 11 is 5.92. The Morgan fingerprint density at radius 1 is 0.900 bits per heavy atom. The van der Waals surface area contributed by atoms with Crippen molar-refractivity contribution in [3.63, 3.8) is 0 Å². The van der Waals surface area contributed by atoms with E-state index in [9.17, 15) is 4.79 Å². The van der Waals surface area contributed by atoms with Crippen molar-refractivity contribution in [1.29, 1.82) is 0 Å². The van der Waals surface area contributed by atoms with Gasteiger partial charge in [-0.05, 0) is 85.2 Å². The van der Waals surface area contributed by atoms with Gasteiger partial charge in [-0.25, -0.2) is 4.79 Å². The van der Waals surface area contributed by atoms with Crippen LogP contribution in [-0.2, 0) is 11.2 Å². The molecule has 0 spiro atoms. The van der Waals surface area contributed by atoms with Crippen LogP contribution in [-0.4, -0.2) is 64.2 Å². The molecule has 10 heteroatoms. The SMILES string of the molecule is CCOC(=O)c1ccc(OC[C@@H]2c3cc(OC)c(OC)cc3CCN2C(=S)Nc2cc(OC)ccc2OC)cc1. The highest BCUT2D eigenvalue weighted by atomic mass is 32.1. The van der Waals surface area contributed by atoms with Gasteiger partial charge in [0.05, 0.1) is 52.3 Å². The fourth-order valence-electron chi connectivity index (χ4n) is 4.63. The molecule has 0 saturated carbocycles. The molecule has 4 rings (SSSR count). The van der Waals surface area contributed by atoms with Crippen LogP contribution < -0.4 is 29.0 Å². The number of fused-ring (bicyclic) bond motifs is 1. The molecule has 0 fully saturated rings. The summed E-state index contributed by atoms with van der Waals surface area (Å²) in [5.74, 6) is 2.87. The van der Waals surface area contributed by atoms with E-state index in [1.807, 2.05) is 30.3 Å². The zero-order chi connectivity index (χ0) is 28.6. The largest absolute Gasteiger partial charge is 0.497 e. The molecule has 1 heterocycles. The first-order valence-electron chi connectivity index (χ1n) is 12.9. The molecule has 0 radical (unpaired) electrons. The van der Waals surface area contributed by atoms with E-state index in [1.54, 1.807) is 59.6 Å². The average Bonchev–Trinajstić information content (AvgIpc) is 2.99. The minimum atomic E-state index is -0.369. The molecule has 9 nitrogen and oxygen atoms in total. The van der Waals surface area contributed by atoms with Crippen molar-refractivity contribution in [2.75, 3.05) is 53.5 Å². The van der Waals surface area contributed by atoms with Crippen LogP contribution in [0.1, 0.15) is 34.5 Å². The fourth-order valence-corrected chi connectivity index (χ4v) is 4.96. The number of nitrogens with one attached hydrogen (secondary N) is 1. The van der Waals surface area contributed by atoms with Crippen LogP contribution in [0.15, 0.2) is 54.6 Å². The van der Waals surface area contributed by atoms with E-state index in [1.165, 1.54) is 0 Å². The van der Waals surface area contributed by atoms with Crippen molar-refractivity contribution in [2.45, 2.75) is 19.4 Å². The van der Waals surface area contributed by atoms with Crippen LogP contribution in [0.5, 0.6) is 28.7 Å². The Kier molecular flexibility index (Phi) is 9.55. The highest BCUT2D eigenvalue weighted by Gasteiger charge is 2.32. The highest BCUT2D eigenvalue weighted by Crippen LogP contribution is 2.39. The Labute approximate surface area is 239 Å². The van der Waals surface area contributed by atoms with Gasteiger partial charge in [-0.3, -0.25) is 0 Å². The van der Waals surface area contributed by atoms with E-state index in [2.05, 4.69) is 10.2 Å². The topological polar surface area (TPSA) is 87.7 Å². The van der Waals surface area contributed by atoms with Crippen molar-refractivity contribution in [3.05, 3.63) is 71.3 Å². The van der Waals surface area contributed by atoms with Crippen molar-refractivity contribution in [1.82, 2.24) is 4.90 Å². The standard InChI is InChI=1S/C30H34N2O7S/c1-6-38-29(33)19-7-9-21(10-8-19)39-18-25-23-17-28(37-5)27(36-4)15-20(23)13-14-32(25)30(40)31-24-16-22(34-2)11-12-26(24)35-3/h7-12,15-17,25H,6,13-14,18H2,1-5H3,(H,31,40)/t25-/m1/s1. The van der Waals surface area contributed by atoms with Gasteiger partial charge in [0.15, 0.2) is 16.6 Å². The van der Waals surface area contributed by atoms with Crippen LogP contribution in [0.4, 0.5) is 5.69 Å². The minimum absolute atomic E-state index is 0.245. The lowest BCUT2D eigenvalue weighted by Crippen LogP contribution is -2.44. The number of anilines is 1. The first-order chi connectivity index (χ1) is 19.4. The van der Waals surface area contributed by atoms with Gasteiger partial charge in [-0.2, -0.15) is 0 Å². The summed E-state index contributed by atoms with van der Waals surface area (Å²) in [7, 11) is 6.46. The summed E-state index contributed by atoms with van der Waals surface area (Å²) in [6.45, 7) is 3.03. The molecule has 0 aromatic heterocycles. The Bertz CT molecular complexity index is 1350. The summed E-state index contributed by atoms with van der Waals surface area (Å²) in [4.78, 5) is 14.1. The van der Waals surface area contributed by atoms with Gasteiger partial charge in [-0.15, -0.1) is 0 Å². The quantitative estimate of drug-likeness (QED) is 0.259. The monoisotopic (exact) mass is 566 g/mol. The summed E-state index contributed by atoms with van der Waals surface area (Å²) in [6.07, 6.45) is 0.748. The summed E-state index contributed by atoms with van der Waals surface area (Å²) in [6, 6.07) is 16.1. The van der Waals surface area contributed by atoms with Crippen LogP contribution in [0, 0.1) is 0 Å². The number of hydrogen-bond donors (Lipinski definition) is 1. The number of thiocarbonyl (C=S) groups is 1. The van der Waals surface area contributed by atoms with E-state index in [4.69, 9.17) is 40.6 Å². The van der Waals surface area contributed by atoms with E-state index in [0.29, 0.717) is 58.3 Å². The zero-order valence-corrected chi connectivity index (χ0v) is 24.1. The second kappa shape index (κ2) is 13.3. The third-order valence-electron chi connectivity index (χ3n) is 6.69. The second-order valence-electron chi connectivity index (χ2n) is 8.92. The molecule has 1 atom stereocenters. The van der Waals surface area contributed by atoms with Gasteiger partial charge in [0.2, 0.25) is 0 Å². The van der Waals surface area contributed by atoms with Gasteiger partial charge < -0.3 is 38.6 Å². The highest BCUT2D eigenvalue weighted by molar-refractivity contribution is 7.80. The lowest BCUT2D eigenvalue weighted by Gasteiger charge is -2.39. The number of methoxy groups -OCH3 is 4. The maximum absolute atomic E-state index is 12.0. The molecule has 1 aliphatic rings. The number of rotatable bonds is 10. The zero-order valence-electron chi connectivity index (χ0n) is 23.3. The van der Waals surface area contributed by atoms with Crippen molar-refractivity contribution >= 4 is 29.0 Å². The molecule has 0 aliphatic carbocycles. The number of esters is 1. The predicted molar refractivity (Wildman–Crippen MR) is 156 cm³/mol. The van der Waals surface area contributed by atoms with E-state index >= 15 is 0 Å². The smallest absolute Gasteiger partial charge is 0.338 e. The van der Waals surface area contributed by atoms with Gasteiger partial charge >= 0.3 is 5.97 Å². The van der Waals surface area contributed by atoms with Gasteiger partial charge in [0.1, 0.15) is 23.9 Å². The number of nitrogens with zero attached hydrogens (tertiary/aromatic N) is 1. The summed E-state index contributed by atoms with van der Waals surface area (Å²) < 4.78 is 33.4. The predicted octanol–water partition coefficient (Wildman–Crippen LogP) is 5.27. The summed E-state index contributed by atoms with van der Waals surface area (Å²) in [5, 5.41) is 3.85. The molecule has 40 heavy (non-hydrogen) atoms. The first-order valence-corrected chi connectivity index (χ1v) is 13.3. The molecule has 0 amide bonds. The third kappa shape index (κ3) is 6.34. The second-order valence-corrected chi connectivity index (χ2v) is 9.30. The lowest BCUT2D eigenvalue weighted by molar-refractivity contribution is 0.0526. The molecule has 1 N–H and O–H groups in total. The van der Waals surface area contributed by atoms with Crippen LogP contribution in [0.25, 0.3) is 0 Å². The van der Waals surface area contributed by atoms with E-state index in [-0.39, 0.29) is 18.6 Å². The average molecular weight is 567 g/mol. The molecule has 0 unspecified atom stereocenters.